The van der Waals surface area contributed by atoms with Gasteiger partial charge in [0.05, 0.1) is 11.1 Å². The lowest BCUT2D eigenvalue weighted by atomic mass is 9.87. The molecule has 2 aromatic carbocycles. The molecule has 4 nitrogen and oxygen atoms in total. The number of urea groups is 1. The van der Waals surface area contributed by atoms with E-state index in [2.05, 4.69) is 59.5 Å². The van der Waals surface area contributed by atoms with Gasteiger partial charge in [0.2, 0.25) is 0 Å². The monoisotopic (exact) mass is 418 g/mol. The molecule has 2 N–H and O–H groups in total. The van der Waals surface area contributed by atoms with Crippen molar-refractivity contribution in [3.8, 4) is 5.75 Å². The Morgan fingerprint density at radius 2 is 1.81 bits per heavy atom. The van der Waals surface area contributed by atoms with Crippen LogP contribution in [0.15, 0.2) is 46.9 Å². The zero-order chi connectivity index (χ0) is 19.2. The van der Waals surface area contributed by atoms with Gasteiger partial charge in [-0.1, -0.05) is 44.5 Å². The number of aryl methyl sites for hydroxylation is 1. The number of carbonyl (C=O) groups is 1. The molecule has 0 aliphatic rings. The molecule has 2 aromatic rings. The predicted octanol–water partition coefficient (Wildman–Crippen LogP) is 5.65. The summed E-state index contributed by atoms with van der Waals surface area (Å²) in [5.41, 5.74) is 3.31. The fourth-order valence-corrected chi connectivity index (χ4v) is 2.85. The van der Waals surface area contributed by atoms with Crippen LogP contribution in [0.3, 0.4) is 0 Å². The van der Waals surface area contributed by atoms with E-state index in [4.69, 9.17) is 4.74 Å². The minimum atomic E-state index is -0.204. The van der Waals surface area contributed by atoms with E-state index < -0.39 is 0 Å². The Balaban J connectivity index is 1.70. The molecule has 0 aliphatic carbocycles. The van der Waals surface area contributed by atoms with Crippen LogP contribution in [0, 0.1) is 6.92 Å². The lowest BCUT2D eigenvalue weighted by molar-refractivity contribution is 0.250. The highest BCUT2D eigenvalue weighted by Crippen LogP contribution is 2.31. The largest absolute Gasteiger partial charge is 0.492 e. The van der Waals surface area contributed by atoms with Crippen molar-refractivity contribution in [2.24, 2.45) is 0 Å². The van der Waals surface area contributed by atoms with Crippen LogP contribution >= 0.6 is 15.9 Å². The summed E-state index contributed by atoms with van der Waals surface area (Å²) in [7, 11) is 0. The maximum Gasteiger partial charge on any atom is 0.319 e. The first-order valence-corrected chi connectivity index (χ1v) is 9.59. The average Bonchev–Trinajstić information content (AvgIpc) is 2.57. The number of nitrogens with one attached hydrogen (secondary N) is 2. The predicted molar refractivity (Wildman–Crippen MR) is 111 cm³/mol. The number of carbonyl (C=O) groups excluding carboxylic acids is 1. The topological polar surface area (TPSA) is 50.4 Å². The van der Waals surface area contributed by atoms with Gasteiger partial charge in [-0.05, 0) is 64.5 Å². The molecule has 26 heavy (non-hydrogen) atoms. The second-order valence-corrected chi connectivity index (χ2v) is 8.20. The second kappa shape index (κ2) is 9.08. The number of rotatable bonds is 6. The van der Waals surface area contributed by atoms with Crippen LogP contribution in [0.1, 0.15) is 38.3 Å². The van der Waals surface area contributed by atoms with E-state index in [0.717, 1.165) is 27.9 Å². The van der Waals surface area contributed by atoms with Gasteiger partial charge in [-0.25, -0.2) is 4.79 Å². The van der Waals surface area contributed by atoms with Crippen LogP contribution in [-0.4, -0.2) is 19.2 Å². The summed E-state index contributed by atoms with van der Waals surface area (Å²) in [5, 5.41) is 5.64. The molecule has 0 bridgehead atoms. The lowest BCUT2D eigenvalue weighted by Crippen LogP contribution is -2.30. The molecular weight excluding hydrogens is 392 g/mol. The molecule has 0 radical (unpaired) electrons. The third-order valence-electron chi connectivity index (χ3n) is 3.97. The summed E-state index contributed by atoms with van der Waals surface area (Å²) in [4.78, 5) is 11.8. The van der Waals surface area contributed by atoms with Gasteiger partial charge in [0.25, 0.3) is 0 Å². The summed E-state index contributed by atoms with van der Waals surface area (Å²) in [6, 6.07) is 13.7. The summed E-state index contributed by atoms with van der Waals surface area (Å²) in [6.45, 7) is 9.65. The van der Waals surface area contributed by atoms with E-state index in [1.54, 1.807) is 0 Å². The molecule has 0 saturated heterocycles. The minimum absolute atomic E-state index is 0.107. The molecule has 0 heterocycles. The zero-order valence-electron chi connectivity index (χ0n) is 15.9. The third-order valence-corrected chi connectivity index (χ3v) is 4.59. The molecule has 0 saturated carbocycles. The Kier molecular flexibility index (Phi) is 7.09. The normalized spacial score (nSPS) is 11.1. The SMILES string of the molecule is Cc1ccc(NC(=O)NCCCOc2ccc(C(C)(C)C)cc2Br)cc1. The van der Waals surface area contributed by atoms with Crippen molar-refractivity contribution in [1.82, 2.24) is 5.32 Å². The number of ether oxygens (including phenoxy) is 1. The van der Waals surface area contributed by atoms with Crippen molar-refractivity contribution < 1.29 is 9.53 Å². The number of amides is 2. The minimum Gasteiger partial charge on any atom is -0.492 e. The molecule has 2 rings (SSSR count). The molecule has 0 atom stereocenters. The van der Waals surface area contributed by atoms with E-state index in [-0.39, 0.29) is 11.4 Å². The van der Waals surface area contributed by atoms with Gasteiger partial charge in [-0.15, -0.1) is 0 Å². The van der Waals surface area contributed by atoms with Crippen molar-refractivity contribution >= 4 is 27.6 Å². The standard InChI is InChI=1S/C21H27BrN2O2/c1-15-6-9-17(10-7-15)24-20(25)23-12-5-13-26-19-11-8-16(14-18(19)22)21(2,3)4/h6-11,14H,5,12-13H2,1-4H3,(H2,23,24,25). The molecule has 5 heteroatoms. The van der Waals surface area contributed by atoms with Gasteiger partial charge >= 0.3 is 6.03 Å². The fraction of sp³-hybridized carbons (Fsp3) is 0.381. The number of hydrogen-bond donors (Lipinski definition) is 2. The highest BCUT2D eigenvalue weighted by Gasteiger charge is 2.15. The first-order valence-electron chi connectivity index (χ1n) is 8.80. The summed E-state index contributed by atoms with van der Waals surface area (Å²) >= 11 is 3.57. The lowest BCUT2D eigenvalue weighted by Gasteiger charge is -2.20. The fourth-order valence-electron chi connectivity index (χ4n) is 2.35. The Bertz CT molecular complexity index is 737. The number of halogens is 1. The summed E-state index contributed by atoms with van der Waals surface area (Å²) < 4.78 is 6.75. The van der Waals surface area contributed by atoms with E-state index >= 15 is 0 Å². The van der Waals surface area contributed by atoms with Gasteiger partial charge in [-0.2, -0.15) is 0 Å². The van der Waals surface area contributed by atoms with Gasteiger partial charge in [-0.3, -0.25) is 0 Å². The van der Waals surface area contributed by atoms with Crippen molar-refractivity contribution in [3.05, 3.63) is 58.1 Å². The maximum atomic E-state index is 11.8. The van der Waals surface area contributed by atoms with Crippen LogP contribution in [-0.2, 0) is 5.41 Å². The quantitative estimate of drug-likeness (QED) is 0.595. The van der Waals surface area contributed by atoms with Crippen molar-refractivity contribution in [2.75, 3.05) is 18.5 Å². The van der Waals surface area contributed by atoms with Crippen LogP contribution in [0.5, 0.6) is 5.75 Å². The van der Waals surface area contributed by atoms with E-state index in [9.17, 15) is 4.79 Å². The zero-order valence-corrected chi connectivity index (χ0v) is 17.4. The molecule has 0 spiro atoms. The van der Waals surface area contributed by atoms with E-state index in [0.29, 0.717) is 13.2 Å². The molecule has 0 fully saturated rings. The van der Waals surface area contributed by atoms with Gasteiger partial charge in [0, 0.05) is 12.2 Å². The first-order chi connectivity index (χ1) is 12.3. The first kappa shape index (κ1) is 20.3. The Morgan fingerprint density at radius 3 is 2.42 bits per heavy atom. The highest BCUT2D eigenvalue weighted by molar-refractivity contribution is 9.10. The molecule has 2 amide bonds. The van der Waals surface area contributed by atoms with Crippen LogP contribution in [0.25, 0.3) is 0 Å². The Morgan fingerprint density at radius 1 is 1.12 bits per heavy atom. The molecular formula is C21H27BrN2O2. The maximum absolute atomic E-state index is 11.8. The molecule has 140 valence electrons. The highest BCUT2D eigenvalue weighted by atomic mass is 79.9. The van der Waals surface area contributed by atoms with Gasteiger partial charge in [0.15, 0.2) is 0 Å². The van der Waals surface area contributed by atoms with Gasteiger partial charge < -0.3 is 15.4 Å². The number of hydrogen-bond acceptors (Lipinski definition) is 2. The van der Waals surface area contributed by atoms with Crippen molar-refractivity contribution in [3.63, 3.8) is 0 Å². The smallest absolute Gasteiger partial charge is 0.319 e. The Hall–Kier alpha value is -2.01. The summed E-state index contributed by atoms with van der Waals surface area (Å²) in [5.74, 6) is 0.821. The average molecular weight is 419 g/mol. The van der Waals surface area contributed by atoms with E-state index in [1.807, 2.05) is 37.3 Å². The second-order valence-electron chi connectivity index (χ2n) is 7.34. The van der Waals surface area contributed by atoms with Crippen LogP contribution in [0.4, 0.5) is 10.5 Å². The van der Waals surface area contributed by atoms with Crippen molar-refractivity contribution in [2.45, 2.75) is 39.5 Å². The number of benzene rings is 2. The molecule has 0 aromatic heterocycles. The molecule has 0 unspecified atom stereocenters. The van der Waals surface area contributed by atoms with Crippen LogP contribution in [0.2, 0.25) is 0 Å². The van der Waals surface area contributed by atoms with Crippen LogP contribution < -0.4 is 15.4 Å². The molecule has 0 aliphatic heterocycles. The van der Waals surface area contributed by atoms with Gasteiger partial charge in [0.1, 0.15) is 5.75 Å². The third kappa shape index (κ3) is 6.37. The summed E-state index contributed by atoms with van der Waals surface area (Å²) in [6.07, 6.45) is 0.731. The Labute approximate surface area is 164 Å². The van der Waals surface area contributed by atoms with E-state index in [1.165, 1.54) is 5.56 Å². The van der Waals surface area contributed by atoms with Crippen molar-refractivity contribution in [1.29, 1.82) is 0 Å². The number of anilines is 1.